The minimum absolute atomic E-state index is 0.0534. The maximum absolute atomic E-state index is 12.4. The second-order valence-electron chi connectivity index (χ2n) is 4.51. The van der Waals surface area contributed by atoms with Gasteiger partial charge in [0.1, 0.15) is 11.4 Å². The summed E-state index contributed by atoms with van der Waals surface area (Å²) < 4.78 is 5.21. The van der Waals surface area contributed by atoms with E-state index in [1.165, 1.54) is 0 Å². The molecular formula is C15H20N2O2. The highest BCUT2D eigenvalue weighted by Gasteiger charge is 2.18. The molecule has 4 heteroatoms. The summed E-state index contributed by atoms with van der Waals surface area (Å²) >= 11 is 0. The number of amides is 1. The lowest BCUT2D eigenvalue weighted by atomic mass is 10.1. The molecule has 0 spiro atoms. The number of ether oxygens (including phenoxy) is 1. The van der Waals surface area contributed by atoms with Gasteiger partial charge in [0.15, 0.2) is 0 Å². The molecule has 0 aliphatic carbocycles. The largest absolute Gasteiger partial charge is 0.497 e. The van der Waals surface area contributed by atoms with Crippen molar-refractivity contribution in [1.82, 2.24) is 9.88 Å². The molecule has 0 saturated heterocycles. The average Bonchev–Trinajstić information content (AvgIpc) is 2.76. The van der Waals surface area contributed by atoms with E-state index in [-0.39, 0.29) is 5.91 Å². The fraction of sp³-hybridized carbons (Fsp3) is 0.400. The fourth-order valence-electron chi connectivity index (χ4n) is 2.33. The minimum Gasteiger partial charge on any atom is -0.497 e. The van der Waals surface area contributed by atoms with Crippen LogP contribution in [0.3, 0.4) is 0 Å². The summed E-state index contributed by atoms with van der Waals surface area (Å²) in [5.74, 6) is 0.841. The van der Waals surface area contributed by atoms with Crippen molar-refractivity contribution in [1.29, 1.82) is 0 Å². The predicted octanol–water partition coefficient (Wildman–Crippen LogP) is 2.97. The lowest BCUT2D eigenvalue weighted by Gasteiger charge is -2.18. The standard InChI is InChI=1S/C15H20N2O2/c1-5-17(6-2)15(18)14-10(3)12-8-7-11(19-4)9-13(12)16-14/h7-9,16H,5-6H2,1-4H3. The SMILES string of the molecule is CCN(CC)C(=O)c1[nH]c2cc(OC)ccc2c1C. The Bertz CT molecular complexity index is 597. The molecule has 0 saturated carbocycles. The van der Waals surface area contributed by atoms with Crippen LogP contribution in [0.1, 0.15) is 29.9 Å². The van der Waals surface area contributed by atoms with Crippen LogP contribution in [0, 0.1) is 6.92 Å². The quantitative estimate of drug-likeness (QED) is 0.918. The minimum atomic E-state index is 0.0534. The van der Waals surface area contributed by atoms with E-state index >= 15 is 0 Å². The van der Waals surface area contributed by atoms with Crippen molar-refractivity contribution in [2.45, 2.75) is 20.8 Å². The predicted molar refractivity (Wildman–Crippen MR) is 76.8 cm³/mol. The summed E-state index contributed by atoms with van der Waals surface area (Å²) in [6, 6.07) is 5.81. The van der Waals surface area contributed by atoms with Gasteiger partial charge in [0.2, 0.25) is 0 Å². The van der Waals surface area contributed by atoms with E-state index in [1.54, 1.807) is 7.11 Å². The van der Waals surface area contributed by atoms with Crippen LogP contribution in [0.2, 0.25) is 0 Å². The lowest BCUT2D eigenvalue weighted by Crippen LogP contribution is -2.31. The van der Waals surface area contributed by atoms with Crippen LogP contribution in [0.25, 0.3) is 10.9 Å². The number of carbonyl (C=O) groups is 1. The molecule has 1 aromatic carbocycles. The molecule has 0 aliphatic rings. The number of aromatic nitrogens is 1. The number of H-pyrrole nitrogens is 1. The van der Waals surface area contributed by atoms with Gasteiger partial charge in [-0.2, -0.15) is 0 Å². The van der Waals surface area contributed by atoms with Crippen molar-refractivity contribution in [2.24, 2.45) is 0 Å². The zero-order chi connectivity index (χ0) is 14.0. The van der Waals surface area contributed by atoms with Crippen molar-refractivity contribution in [3.05, 3.63) is 29.5 Å². The Balaban J connectivity index is 2.50. The third-order valence-electron chi connectivity index (χ3n) is 3.53. The van der Waals surface area contributed by atoms with Gasteiger partial charge in [-0.05, 0) is 38.5 Å². The number of fused-ring (bicyclic) bond motifs is 1. The number of hydrogen-bond donors (Lipinski definition) is 1. The van der Waals surface area contributed by atoms with Crippen LogP contribution < -0.4 is 4.74 Å². The van der Waals surface area contributed by atoms with Crippen molar-refractivity contribution in [2.75, 3.05) is 20.2 Å². The molecule has 0 fully saturated rings. The smallest absolute Gasteiger partial charge is 0.270 e. The molecule has 1 N–H and O–H groups in total. The van der Waals surface area contributed by atoms with Gasteiger partial charge < -0.3 is 14.6 Å². The molecule has 0 unspecified atom stereocenters. The van der Waals surface area contributed by atoms with Gasteiger partial charge >= 0.3 is 0 Å². The first kappa shape index (κ1) is 13.5. The fourth-order valence-corrected chi connectivity index (χ4v) is 2.33. The second-order valence-corrected chi connectivity index (χ2v) is 4.51. The Hall–Kier alpha value is -1.97. The first-order chi connectivity index (χ1) is 9.12. The number of aryl methyl sites for hydroxylation is 1. The summed E-state index contributed by atoms with van der Waals surface area (Å²) in [7, 11) is 1.64. The number of nitrogens with one attached hydrogen (secondary N) is 1. The summed E-state index contributed by atoms with van der Waals surface area (Å²) in [6.45, 7) is 7.38. The van der Waals surface area contributed by atoms with Crippen molar-refractivity contribution >= 4 is 16.8 Å². The lowest BCUT2D eigenvalue weighted by molar-refractivity contribution is 0.0767. The Morgan fingerprint density at radius 2 is 2.00 bits per heavy atom. The molecule has 0 atom stereocenters. The van der Waals surface area contributed by atoms with Gasteiger partial charge in [0.05, 0.1) is 7.11 Å². The number of benzene rings is 1. The van der Waals surface area contributed by atoms with Gasteiger partial charge in [0, 0.05) is 30.1 Å². The van der Waals surface area contributed by atoms with Crippen LogP contribution in [0.4, 0.5) is 0 Å². The monoisotopic (exact) mass is 260 g/mol. The molecule has 0 aliphatic heterocycles. The second kappa shape index (κ2) is 5.34. The highest BCUT2D eigenvalue weighted by atomic mass is 16.5. The van der Waals surface area contributed by atoms with Crippen molar-refractivity contribution in [3.8, 4) is 5.75 Å². The van der Waals surface area contributed by atoms with Crippen LogP contribution in [-0.2, 0) is 0 Å². The van der Waals surface area contributed by atoms with E-state index < -0.39 is 0 Å². The van der Waals surface area contributed by atoms with E-state index in [0.29, 0.717) is 18.8 Å². The Morgan fingerprint density at radius 3 is 2.58 bits per heavy atom. The Morgan fingerprint density at radius 1 is 1.32 bits per heavy atom. The zero-order valence-corrected chi connectivity index (χ0v) is 11.9. The molecule has 0 bridgehead atoms. The molecule has 19 heavy (non-hydrogen) atoms. The molecule has 1 aromatic heterocycles. The maximum atomic E-state index is 12.4. The molecule has 4 nitrogen and oxygen atoms in total. The molecule has 2 aromatic rings. The van der Waals surface area contributed by atoms with E-state index in [2.05, 4.69) is 4.98 Å². The molecule has 2 rings (SSSR count). The summed E-state index contributed by atoms with van der Waals surface area (Å²) in [5.41, 5.74) is 2.61. The first-order valence-electron chi connectivity index (χ1n) is 6.57. The first-order valence-corrected chi connectivity index (χ1v) is 6.57. The van der Waals surface area contributed by atoms with Gasteiger partial charge in [-0.25, -0.2) is 0 Å². The highest BCUT2D eigenvalue weighted by Crippen LogP contribution is 2.26. The Labute approximate surface area is 113 Å². The molecule has 102 valence electrons. The summed E-state index contributed by atoms with van der Waals surface area (Å²) in [6.07, 6.45) is 0. The number of rotatable bonds is 4. The molecular weight excluding hydrogens is 240 g/mol. The average molecular weight is 260 g/mol. The molecule has 1 amide bonds. The normalized spacial score (nSPS) is 10.7. The van der Waals surface area contributed by atoms with Gasteiger partial charge in [-0.15, -0.1) is 0 Å². The van der Waals surface area contributed by atoms with Gasteiger partial charge in [-0.3, -0.25) is 4.79 Å². The number of methoxy groups -OCH3 is 1. The van der Waals surface area contributed by atoms with Crippen molar-refractivity contribution in [3.63, 3.8) is 0 Å². The van der Waals surface area contributed by atoms with E-state index in [1.807, 2.05) is 43.9 Å². The number of nitrogens with zero attached hydrogens (tertiary/aromatic N) is 1. The zero-order valence-electron chi connectivity index (χ0n) is 11.9. The van der Waals surface area contributed by atoms with Crippen LogP contribution in [-0.4, -0.2) is 36.0 Å². The Kier molecular flexibility index (Phi) is 3.79. The van der Waals surface area contributed by atoms with Gasteiger partial charge in [-0.1, -0.05) is 0 Å². The van der Waals surface area contributed by atoms with Crippen LogP contribution in [0.15, 0.2) is 18.2 Å². The van der Waals surface area contributed by atoms with Crippen LogP contribution >= 0.6 is 0 Å². The number of aromatic amines is 1. The number of carbonyl (C=O) groups excluding carboxylic acids is 1. The van der Waals surface area contributed by atoms with Crippen molar-refractivity contribution < 1.29 is 9.53 Å². The van der Waals surface area contributed by atoms with Gasteiger partial charge in [0.25, 0.3) is 5.91 Å². The third kappa shape index (κ3) is 2.30. The number of hydrogen-bond acceptors (Lipinski definition) is 2. The summed E-state index contributed by atoms with van der Waals surface area (Å²) in [5, 5.41) is 1.07. The van der Waals surface area contributed by atoms with E-state index in [4.69, 9.17) is 4.74 Å². The molecule has 0 radical (unpaired) electrons. The summed E-state index contributed by atoms with van der Waals surface area (Å²) in [4.78, 5) is 17.4. The maximum Gasteiger partial charge on any atom is 0.270 e. The van der Waals surface area contributed by atoms with E-state index in [9.17, 15) is 4.79 Å². The highest BCUT2D eigenvalue weighted by molar-refractivity contribution is 6.01. The topological polar surface area (TPSA) is 45.3 Å². The van der Waals surface area contributed by atoms with Crippen LogP contribution in [0.5, 0.6) is 5.75 Å². The molecule has 1 heterocycles. The van der Waals surface area contributed by atoms with E-state index in [0.717, 1.165) is 22.2 Å². The third-order valence-corrected chi connectivity index (χ3v) is 3.53.